The zero-order valence-corrected chi connectivity index (χ0v) is 13.9. The van der Waals surface area contributed by atoms with Crippen molar-refractivity contribution in [3.05, 3.63) is 52.9 Å². The summed E-state index contributed by atoms with van der Waals surface area (Å²) in [7, 11) is 1.53. The molecule has 0 aliphatic rings. The van der Waals surface area contributed by atoms with E-state index >= 15 is 0 Å². The van der Waals surface area contributed by atoms with E-state index in [9.17, 15) is 4.79 Å². The predicted octanol–water partition coefficient (Wildman–Crippen LogP) is 3.24. The number of allylic oxidation sites excluding steroid dienone is 1. The van der Waals surface area contributed by atoms with E-state index in [1.165, 1.54) is 13.3 Å². The van der Waals surface area contributed by atoms with Gasteiger partial charge in [-0.05, 0) is 42.5 Å². The minimum atomic E-state index is -0.377. The van der Waals surface area contributed by atoms with Crippen molar-refractivity contribution in [1.82, 2.24) is 5.43 Å². The number of halogens is 1. The van der Waals surface area contributed by atoms with Gasteiger partial charge in [-0.1, -0.05) is 15.9 Å². The second kappa shape index (κ2) is 8.79. The van der Waals surface area contributed by atoms with E-state index in [4.69, 9.17) is 13.9 Å². The van der Waals surface area contributed by atoms with Crippen molar-refractivity contribution in [2.45, 2.75) is 0 Å². The molecule has 1 heterocycles. The Morgan fingerprint density at radius 1 is 1.39 bits per heavy atom. The standard InChI is InChI=1S/C16H15BrN2O4/c1-21-15-10-12(17)6-7-14(15)23-11-16(20)19-18-8-2-4-13-5-3-9-22-13/h2-10H,11H2,1H3,(H,19,20). The maximum atomic E-state index is 11.6. The molecule has 120 valence electrons. The molecule has 0 aliphatic heterocycles. The fourth-order valence-electron chi connectivity index (χ4n) is 1.61. The number of ether oxygens (including phenoxy) is 2. The van der Waals surface area contributed by atoms with Crippen LogP contribution in [0.5, 0.6) is 11.5 Å². The van der Waals surface area contributed by atoms with Gasteiger partial charge in [0.15, 0.2) is 18.1 Å². The van der Waals surface area contributed by atoms with Crippen LogP contribution in [-0.4, -0.2) is 25.8 Å². The molecule has 1 amide bonds. The lowest BCUT2D eigenvalue weighted by atomic mass is 10.3. The Morgan fingerprint density at radius 2 is 2.26 bits per heavy atom. The minimum absolute atomic E-state index is 0.169. The summed E-state index contributed by atoms with van der Waals surface area (Å²) in [5.41, 5.74) is 2.36. The molecule has 0 unspecified atom stereocenters. The molecule has 0 bridgehead atoms. The SMILES string of the molecule is COc1cc(Br)ccc1OCC(=O)NN=CC=Cc1ccco1. The number of amides is 1. The molecule has 0 radical (unpaired) electrons. The number of nitrogens with zero attached hydrogens (tertiary/aromatic N) is 1. The molecule has 1 N–H and O–H groups in total. The van der Waals surface area contributed by atoms with E-state index in [0.29, 0.717) is 17.3 Å². The number of benzene rings is 1. The Hall–Kier alpha value is -2.54. The summed E-state index contributed by atoms with van der Waals surface area (Å²) in [6.07, 6.45) is 6.39. The number of carbonyl (C=O) groups excluding carboxylic acids is 1. The largest absolute Gasteiger partial charge is 0.493 e. The van der Waals surface area contributed by atoms with Crippen molar-refractivity contribution in [2.24, 2.45) is 5.10 Å². The Kier molecular flexibility index (Phi) is 6.43. The van der Waals surface area contributed by atoms with E-state index in [2.05, 4.69) is 26.5 Å². The van der Waals surface area contributed by atoms with Crippen molar-refractivity contribution in [3.8, 4) is 11.5 Å². The summed E-state index contributed by atoms with van der Waals surface area (Å²) in [6, 6.07) is 8.86. The van der Waals surface area contributed by atoms with Gasteiger partial charge in [-0.15, -0.1) is 0 Å². The first-order chi connectivity index (χ1) is 11.2. The Morgan fingerprint density at radius 3 is 3.00 bits per heavy atom. The average molecular weight is 379 g/mol. The van der Waals surface area contributed by atoms with Crippen LogP contribution in [0.15, 0.2) is 56.7 Å². The van der Waals surface area contributed by atoms with Gasteiger partial charge in [-0.2, -0.15) is 5.10 Å². The van der Waals surface area contributed by atoms with Gasteiger partial charge in [0.2, 0.25) is 0 Å². The van der Waals surface area contributed by atoms with Crippen molar-refractivity contribution < 1.29 is 18.7 Å². The average Bonchev–Trinajstić information content (AvgIpc) is 3.06. The van der Waals surface area contributed by atoms with Crippen LogP contribution in [0.4, 0.5) is 0 Å². The van der Waals surface area contributed by atoms with Crippen molar-refractivity contribution in [1.29, 1.82) is 0 Å². The monoisotopic (exact) mass is 378 g/mol. The van der Waals surface area contributed by atoms with Gasteiger partial charge in [0.05, 0.1) is 13.4 Å². The molecule has 2 aromatic rings. The van der Waals surface area contributed by atoms with E-state index < -0.39 is 0 Å². The van der Waals surface area contributed by atoms with Crippen LogP contribution in [0.2, 0.25) is 0 Å². The highest BCUT2D eigenvalue weighted by molar-refractivity contribution is 9.10. The number of carbonyl (C=O) groups is 1. The molecule has 1 aromatic carbocycles. The Bertz CT molecular complexity index is 696. The van der Waals surface area contributed by atoms with Crippen LogP contribution in [0.3, 0.4) is 0 Å². The number of furan rings is 1. The van der Waals surface area contributed by atoms with E-state index in [1.807, 2.05) is 6.07 Å². The van der Waals surface area contributed by atoms with E-state index in [-0.39, 0.29) is 12.5 Å². The first-order valence-corrected chi connectivity index (χ1v) is 7.47. The minimum Gasteiger partial charge on any atom is -0.493 e. The molecule has 2 rings (SSSR count). The van der Waals surface area contributed by atoms with Crippen LogP contribution >= 0.6 is 15.9 Å². The number of hydrazone groups is 1. The summed E-state index contributed by atoms with van der Waals surface area (Å²) in [5, 5.41) is 3.77. The van der Waals surface area contributed by atoms with Crippen molar-refractivity contribution in [2.75, 3.05) is 13.7 Å². The fraction of sp³-hybridized carbons (Fsp3) is 0.125. The molecule has 0 atom stereocenters. The van der Waals surface area contributed by atoms with Crippen molar-refractivity contribution in [3.63, 3.8) is 0 Å². The summed E-state index contributed by atoms with van der Waals surface area (Å²) >= 11 is 3.33. The van der Waals surface area contributed by atoms with Gasteiger partial charge in [-0.3, -0.25) is 4.79 Å². The molecule has 0 fully saturated rings. The van der Waals surface area contributed by atoms with Gasteiger partial charge in [-0.25, -0.2) is 5.43 Å². The van der Waals surface area contributed by atoms with Crippen LogP contribution in [0.1, 0.15) is 5.76 Å². The quantitative estimate of drug-likeness (QED) is 0.592. The van der Waals surface area contributed by atoms with E-state index in [0.717, 1.165) is 4.47 Å². The molecule has 1 aromatic heterocycles. The molecule has 23 heavy (non-hydrogen) atoms. The van der Waals surface area contributed by atoms with Gasteiger partial charge in [0, 0.05) is 10.7 Å². The number of hydrogen-bond acceptors (Lipinski definition) is 5. The lowest BCUT2D eigenvalue weighted by Gasteiger charge is -2.09. The van der Waals surface area contributed by atoms with Crippen LogP contribution in [0.25, 0.3) is 6.08 Å². The molecule has 0 saturated carbocycles. The fourth-order valence-corrected chi connectivity index (χ4v) is 1.95. The molecule has 6 nitrogen and oxygen atoms in total. The normalized spacial score (nSPS) is 11.0. The smallest absolute Gasteiger partial charge is 0.277 e. The number of rotatable bonds is 7. The van der Waals surface area contributed by atoms with Crippen LogP contribution in [0, 0.1) is 0 Å². The molecule has 0 saturated heterocycles. The zero-order valence-electron chi connectivity index (χ0n) is 12.4. The van der Waals surface area contributed by atoms with Gasteiger partial charge in [0.25, 0.3) is 5.91 Å². The third kappa shape index (κ3) is 5.63. The van der Waals surface area contributed by atoms with E-state index in [1.54, 1.807) is 42.7 Å². The molecule has 0 aliphatic carbocycles. The number of hydrogen-bond donors (Lipinski definition) is 1. The first-order valence-electron chi connectivity index (χ1n) is 6.67. The first kappa shape index (κ1) is 16.8. The predicted molar refractivity (Wildman–Crippen MR) is 90.6 cm³/mol. The summed E-state index contributed by atoms with van der Waals surface area (Å²) in [6.45, 7) is -0.169. The molecule has 0 spiro atoms. The Labute approximate surface area is 141 Å². The van der Waals surface area contributed by atoms with Gasteiger partial charge in [0.1, 0.15) is 5.76 Å². The molecular weight excluding hydrogens is 364 g/mol. The third-order valence-corrected chi connectivity index (χ3v) is 3.13. The molecular formula is C16H15BrN2O4. The number of nitrogens with one attached hydrogen (secondary N) is 1. The highest BCUT2D eigenvalue weighted by atomic mass is 79.9. The zero-order chi connectivity index (χ0) is 16.5. The van der Waals surface area contributed by atoms with Crippen LogP contribution in [-0.2, 0) is 4.79 Å². The second-order valence-corrected chi connectivity index (χ2v) is 5.19. The Balaban J connectivity index is 1.77. The number of methoxy groups -OCH3 is 1. The van der Waals surface area contributed by atoms with Gasteiger partial charge < -0.3 is 13.9 Å². The third-order valence-electron chi connectivity index (χ3n) is 2.64. The second-order valence-electron chi connectivity index (χ2n) is 4.27. The van der Waals surface area contributed by atoms with Crippen LogP contribution < -0.4 is 14.9 Å². The lowest BCUT2D eigenvalue weighted by molar-refractivity contribution is -0.123. The summed E-state index contributed by atoms with van der Waals surface area (Å²) in [5.74, 6) is 1.34. The topological polar surface area (TPSA) is 73.1 Å². The summed E-state index contributed by atoms with van der Waals surface area (Å²) in [4.78, 5) is 11.6. The highest BCUT2D eigenvalue weighted by Crippen LogP contribution is 2.29. The molecule has 7 heteroatoms. The van der Waals surface area contributed by atoms with Gasteiger partial charge >= 0.3 is 0 Å². The summed E-state index contributed by atoms with van der Waals surface area (Å²) < 4.78 is 16.5. The lowest BCUT2D eigenvalue weighted by Crippen LogP contribution is -2.24. The maximum absolute atomic E-state index is 11.6. The maximum Gasteiger partial charge on any atom is 0.277 e. The highest BCUT2D eigenvalue weighted by Gasteiger charge is 2.07. The van der Waals surface area contributed by atoms with Crippen molar-refractivity contribution >= 4 is 34.1 Å².